The zero-order valence-corrected chi connectivity index (χ0v) is 11.2. The van der Waals surface area contributed by atoms with E-state index in [1.807, 2.05) is 13.1 Å². The molecule has 0 fully saturated rings. The standard InChI is InChI=1S/C15H19N3O/c1-11-17-9-13(8-16)18(11)10-15-14-5-3-2-4-12(14)6-7-19-15/h2-5,9,15H,6-8,10,16H2,1H3. The highest BCUT2D eigenvalue weighted by molar-refractivity contribution is 5.31. The van der Waals surface area contributed by atoms with Crippen LogP contribution in [0.15, 0.2) is 30.5 Å². The first-order chi connectivity index (χ1) is 9.29. The zero-order chi connectivity index (χ0) is 13.2. The van der Waals surface area contributed by atoms with E-state index in [4.69, 9.17) is 10.5 Å². The minimum Gasteiger partial charge on any atom is -0.371 e. The number of hydrogen-bond donors (Lipinski definition) is 1. The third kappa shape index (κ3) is 2.29. The Kier molecular flexibility index (Phi) is 3.36. The van der Waals surface area contributed by atoms with Gasteiger partial charge in [-0.25, -0.2) is 4.98 Å². The fourth-order valence-electron chi connectivity index (χ4n) is 2.72. The molecule has 100 valence electrons. The summed E-state index contributed by atoms with van der Waals surface area (Å²) < 4.78 is 8.10. The number of ether oxygens (including phenoxy) is 1. The van der Waals surface area contributed by atoms with Gasteiger partial charge in [0.2, 0.25) is 0 Å². The van der Waals surface area contributed by atoms with Gasteiger partial charge in [0.25, 0.3) is 0 Å². The van der Waals surface area contributed by atoms with E-state index in [1.54, 1.807) is 0 Å². The molecule has 3 rings (SSSR count). The molecular formula is C15H19N3O. The van der Waals surface area contributed by atoms with E-state index in [1.165, 1.54) is 11.1 Å². The summed E-state index contributed by atoms with van der Waals surface area (Å²) in [4.78, 5) is 4.34. The molecule has 0 saturated carbocycles. The Balaban J connectivity index is 1.90. The minimum atomic E-state index is 0.100. The number of rotatable bonds is 3. The molecule has 2 heterocycles. The summed E-state index contributed by atoms with van der Waals surface area (Å²) in [7, 11) is 0. The normalized spacial score (nSPS) is 18.3. The monoisotopic (exact) mass is 257 g/mol. The summed E-state index contributed by atoms with van der Waals surface area (Å²) in [6, 6.07) is 8.52. The van der Waals surface area contributed by atoms with Gasteiger partial charge in [-0.1, -0.05) is 24.3 Å². The van der Waals surface area contributed by atoms with Crippen molar-refractivity contribution < 1.29 is 4.74 Å². The third-order valence-corrected chi connectivity index (χ3v) is 3.79. The molecule has 0 saturated heterocycles. The second kappa shape index (κ2) is 5.15. The summed E-state index contributed by atoms with van der Waals surface area (Å²) >= 11 is 0. The van der Waals surface area contributed by atoms with Crippen molar-refractivity contribution in [3.63, 3.8) is 0 Å². The number of nitrogens with zero attached hydrogens (tertiary/aromatic N) is 2. The second-order valence-electron chi connectivity index (χ2n) is 4.92. The molecule has 1 aliphatic heterocycles. The Morgan fingerprint density at radius 1 is 1.42 bits per heavy atom. The topological polar surface area (TPSA) is 53.1 Å². The van der Waals surface area contributed by atoms with E-state index in [2.05, 4.69) is 33.8 Å². The van der Waals surface area contributed by atoms with Crippen LogP contribution in [0.1, 0.15) is 28.7 Å². The van der Waals surface area contributed by atoms with Crippen LogP contribution in [0.25, 0.3) is 0 Å². The van der Waals surface area contributed by atoms with Gasteiger partial charge in [0.15, 0.2) is 0 Å². The fraction of sp³-hybridized carbons (Fsp3) is 0.400. The lowest BCUT2D eigenvalue weighted by Crippen LogP contribution is -2.22. The van der Waals surface area contributed by atoms with E-state index < -0.39 is 0 Å². The fourth-order valence-corrected chi connectivity index (χ4v) is 2.72. The number of aryl methyl sites for hydroxylation is 1. The first kappa shape index (κ1) is 12.4. The van der Waals surface area contributed by atoms with Gasteiger partial charge in [-0.3, -0.25) is 0 Å². The van der Waals surface area contributed by atoms with Gasteiger partial charge in [-0.05, 0) is 24.5 Å². The largest absolute Gasteiger partial charge is 0.371 e. The van der Waals surface area contributed by atoms with Crippen LogP contribution in [-0.2, 0) is 24.2 Å². The van der Waals surface area contributed by atoms with Crippen molar-refractivity contribution in [1.82, 2.24) is 9.55 Å². The van der Waals surface area contributed by atoms with Gasteiger partial charge in [-0.2, -0.15) is 0 Å². The van der Waals surface area contributed by atoms with Gasteiger partial charge < -0.3 is 15.0 Å². The van der Waals surface area contributed by atoms with Crippen molar-refractivity contribution in [2.45, 2.75) is 32.5 Å². The first-order valence-corrected chi connectivity index (χ1v) is 6.70. The molecule has 1 atom stereocenters. The van der Waals surface area contributed by atoms with Crippen molar-refractivity contribution in [3.8, 4) is 0 Å². The van der Waals surface area contributed by atoms with E-state index in [9.17, 15) is 0 Å². The average Bonchev–Trinajstić information content (AvgIpc) is 2.80. The summed E-state index contributed by atoms with van der Waals surface area (Å²) in [5.41, 5.74) is 9.51. The van der Waals surface area contributed by atoms with Crippen molar-refractivity contribution in [2.24, 2.45) is 5.73 Å². The predicted molar refractivity (Wildman–Crippen MR) is 73.7 cm³/mol. The highest BCUT2D eigenvalue weighted by Gasteiger charge is 2.22. The van der Waals surface area contributed by atoms with Crippen molar-refractivity contribution >= 4 is 0 Å². The van der Waals surface area contributed by atoms with Crippen molar-refractivity contribution in [2.75, 3.05) is 6.61 Å². The van der Waals surface area contributed by atoms with Crippen LogP contribution in [0.4, 0.5) is 0 Å². The van der Waals surface area contributed by atoms with Gasteiger partial charge in [0, 0.05) is 12.7 Å². The molecule has 2 aromatic rings. The molecule has 0 amide bonds. The lowest BCUT2D eigenvalue weighted by atomic mass is 9.97. The highest BCUT2D eigenvalue weighted by atomic mass is 16.5. The van der Waals surface area contributed by atoms with Crippen LogP contribution in [0.3, 0.4) is 0 Å². The van der Waals surface area contributed by atoms with Gasteiger partial charge >= 0.3 is 0 Å². The molecule has 1 aromatic carbocycles. The molecule has 2 N–H and O–H groups in total. The van der Waals surface area contributed by atoms with Crippen LogP contribution in [-0.4, -0.2) is 16.2 Å². The van der Waals surface area contributed by atoms with Crippen molar-refractivity contribution in [3.05, 3.63) is 53.1 Å². The Morgan fingerprint density at radius 3 is 3.11 bits per heavy atom. The summed E-state index contributed by atoms with van der Waals surface area (Å²) in [6.07, 6.45) is 2.95. The lowest BCUT2D eigenvalue weighted by Gasteiger charge is -2.27. The van der Waals surface area contributed by atoms with Crippen LogP contribution in [0.2, 0.25) is 0 Å². The predicted octanol–water partition coefficient (Wildman–Crippen LogP) is 1.96. The average molecular weight is 257 g/mol. The molecule has 0 spiro atoms. The number of benzene rings is 1. The summed E-state index contributed by atoms with van der Waals surface area (Å²) in [5, 5.41) is 0. The van der Waals surface area contributed by atoms with Gasteiger partial charge in [-0.15, -0.1) is 0 Å². The van der Waals surface area contributed by atoms with E-state index in [0.29, 0.717) is 6.54 Å². The number of imidazole rings is 1. The van der Waals surface area contributed by atoms with Crippen molar-refractivity contribution in [1.29, 1.82) is 0 Å². The number of hydrogen-bond acceptors (Lipinski definition) is 3. The van der Waals surface area contributed by atoms with Crippen LogP contribution in [0.5, 0.6) is 0 Å². The van der Waals surface area contributed by atoms with Crippen LogP contribution >= 0.6 is 0 Å². The Hall–Kier alpha value is -1.65. The Bertz CT molecular complexity index is 577. The molecule has 1 aromatic heterocycles. The van der Waals surface area contributed by atoms with Gasteiger partial charge in [0.1, 0.15) is 11.9 Å². The number of nitrogens with two attached hydrogens (primary N) is 1. The smallest absolute Gasteiger partial charge is 0.105 e. The molecule has 0 bridgehead atoms. The van der Waals surface area contributed by atoms with Crippen LogP contribution in [0, 0.1) is 6.92 Å². The molecular weight excluding hydrogens is 238 g/mol. The third-order valence-electron chi connectivity index (χ3n) is 3.79. The quantitative estimate of drug-likeness (QED) is 0.914. The number of fused-ring (bicyclic) bond motifs is 1. The lowest BCUT2D eigenvalue weighted by molar-refractivity contribution is 0.0297. The van der Waals surface area contributed by atoms with E-state index in [0.717, 1.165) is 31.1 Å². The molecule has 19 heavy (non-hydrogen) atoms. The van der Waals surface area contributed by atoms with Gasteiger partial charge in [0.05, 0.1) is 18.8 Å². The zero-order valence-electron chi connectivity index (χ0n) is 11.2. The Labute approximate surface area is 113 Å². The molecule has 4 nitrogen and oxygen atoms in total. The molecule has 1 unspecified atom stereocenters. The van der Waals surface area contributed by atoms with E-state index >= 15 is 0 Å². The SMILES string of the molecule is Cc1ncc(CN)n1CC1OCCc2ccccc21. The van der Waals surface area contributed by atoms with E-state index in [-0.39, 0.29) is 6.10 Å². The van der Waals surface area contributed by atoms with Crippen LogP contribution < -0.4 is 5.73 Å². The number of aromatic nitrogens is 2. The molecule has 4 heteroatoms. The Morgan fingerprint density at radius 2 is 2.26 bits per heavy atom. The maximum Gasteiger partial charge on any atom is 0.105 e. The summed E-state index contributed by atoms with van der Waals surface area (Å²) in [5.74, 6) is 0.993. The minimum absolute atomic E-state index is 0.100. The molecule has 1 aliphatic rings. The highest BCUT2D eigenvalue weighted by Crippen LogP contribution is 2.28. The maximum atomic E-state index is 5.94. The molecule has 0 radical (unpaired) electrons. The molecule has 0 aliphatic carbocycles. The second-order valence-corrected chi connectivity index (χ2v) is 4.92. The first-order valence-electron chi connectivity index (χ1n) is 6.70. The maximum absolute atomic E-state index is 5.94. The summed E-state index contributed by atoms with van der Waals surface area (Å²) in [6.45, 7) is 4.09.